The summed E-state index contributed by atoms with van der Waals surface area (Å²) in [5.74, 6) is 1.17. The van der Waals surface area contributed by atoms with E-state index in [2.05, 4.69) is 10.1 Å². The highest BCUT2D eigenvalue weighted by Gasteiger charge is 2.03. The molecule has 5 heteroatoms. The van der Waals surface area contributed by atoms with Gasteiger partial charge in [0.1, 0.15) is 11.5 Å². The molecular weight excluding hydrogens is 246 g/mol. The fourth-order valence-corrected chi connectivity index (χ4v) is 1.51. The number of esters is 1. The second-order valence-corrected chi connectivity index (χ2v) is 3.73. The standard InChI is InChI=1S/C14H19NO4/c1-17-12-7-6-11(13(9-12)18-2)10-15-8-4-5-14(16)19-3/h4-7,9,15H,8,10H2,1-3H3. The molecule has 1 aromatic rings. The van der Waals surface area contributed by atoms with Gasteiger partial charge in [-0.2, -0.15) is 0 Å². The molecule has 1 aromatic carbocycles. The molecule has 1 rings (SSSR count). The van der Waals surface area contributed by atoms with Crippen molar-refractivity contribution < 1.29 is 19.0 Å². The zero-order valence-corrected chi connectivity index (χ0v) is 11.4. The monoisotopic (exact) mass is 265 g/mol. The fourth-order valence-electron chi connectivity index (χ4n) is 1.51. The molecule has 0 aliphatic carbocycles. The molecule has 0 aliphatic heterocycles. The van der Waals surface area contributed by atoms with Gasteiger partial charge in [-0.1, -0.05) is 12.1 Å². The van der Waals surface area contributed by atoms with Crippen LogP contribution in [0.4, 0.5) is 0 Å². The quantitative estimate of drug-likeness (QED) is 0.460. The number of methoxy groups -OCH3 is 3. The predicted octanol–water partition coefficient (Wildman–Crippen LogP) is 1.52. The number of hydrogen-bond acceptors (Lipinski definition) is 5. The molecule has 0 unspecified atom stereocenters. The maximum Gasteiger partial charge on any atom is 0.330 e. The summed E-state index contributed by atoms with van der Waals surface area (Å²) in [6.45, 7) is 1.21. The zero-order valence-electron chi connectivity index (χ0n) is 11.4. The van der Waals surface area contributed by atoms with E-state index in [1.54, 1.807) is 20.3 Å². The minimum Gasteiger partial charge on any atom is -0.497 e. The molecule has 0 saturated heterocycles. The summed E-state index contributed by atoms with van der Waals surface area (Å²) >= 11 is 0. The van der Waals surface area contributed by atoms with Gasteiger partial charge in [0.15, 0.2) is 0 Å². The van der Waals surface area contributed by atoms with Gasteiger partial charge < -0.3 is 19.5 Å². The molecule has 0 spiro atoms. The molecular formula is C14H19NO4. The minimum atomic E-state index is -0.358. The molecule has 0 heterocycles. The lowest BCUT2D eigenvalue weighted by molar-refractivity contribution is -0.134. The summed E-state index contributed by atoms with van der Waals surface area (Å²) in [5.41, 5.74) is 1.02. The molecule has 1 N–H and O–H groups in total. The van der Waals surface area contributed by atoms with E-state index in [4.69, 9.17) is 9.47 Å². The highest BCUT2D eigenvalue weighted by Crippen LogP contribution is 2.24. The molecule has 0 saturated carbocycles. The Labute approximate surface area is 113 Å². The molecule has 5 nitrogen and oxygen atoms in total. The van der Waals surface area contributed by atoms with Crippen LogP contribution in [0.3, 0.4) is 0 Å². The molecule has 0 aromatic heterocycles. The normalized spacial score (nSPS) is 10.5. The summed E-state index contributed by atoms with van der Waals surface area (Å²) < 4.78 is 14.9. The van der Waals surface area contributed by atoms with Crippen LogP contribution in [0, 0.1) is 0 Å². The average molecular weight is 265 g/mol. The average Bonchev–Trinajstić information content (AvgIpc) is 2.46. The third kappa shape index (κ3) is 5.01. The molecule has 0 aliphatic rings. The number of carbonyl (C=O) groups excluding carboxylic acids is 1. The smallest absolute Gasteiger partial charge is 0.330 e. The van der Waals surface area contributed by atoms with Crippen LogP contribution in [-0.2, 0) is 16.1 Å². The maximum absolute atomic E-state index is 10.8. The molecule has 0 atom stereocenters. The maximum atomic E-state index is 10.8. The van der Waals surface area contributed by atoms with Crippen LogP contribution in [0.25, 0.3) is 0 Å². The van der Waals surface area contributed by atoms with Gasteiger partial charge in [0.25, 0.3) is 0 Å². The van der Waals surface area contributed by atoms with Crippen molar-refractivity contribution in [2.75, 3.05) is 27.9 Å². The van der Waals surface area contributed by atoms with Crippen LogP contribution in [0.1, 0.15) is 5.56 Å². The Hall–Kier alpha value is -2.01. The largest absolute Gasteiger partial charge is 0.497 e. The van der Waals surface area contributed by atoms with Gasteiger partial charge in [-0.25, -0.2) is 4.79 Å². The second-order valence-electron chi connectivity index (χ2n) is 3.73. The van der Waals surface area contributed by atoms with E-state index in [0.29, 0.717) is 13.1 Å². The Morgan fingerprint density at radius 3 is 2.68 bits per heavy atom. The second kappa shape index (κ2) is 8.16. The van der Waals surface area contributed by atoms with E-state index in [1.807, 2.05) is 18.2 Å². The summed E-state index contributed by atoms with van der Waals surface area (Å²) in [6.07, 6.45) is 3.10. The van der Waals surface area contributed by atoms with Gasteiger partial charge in [-0.3, -0.25) is 0 Å². The number of nitrogens with one attached hydrogen (secondary N) is 1. The van der Waals surface area contributed by atoms with Gasteiger partial charge in [-0.05, 0) is 6.07 Å². The van der Waals surface area contributed by atoms with Crippen LogP contribution >= 0.6 is 0 Å². The van der Waals surface area contributed by atoms with Crippen molar-refractivity contribution in [3.05, 3.63) is 35.9 Å². The van der Waals surface area contributed by atoms with Gasteiger partial charge >= 0.3 is 5.97 Å². The molecule has 0 fully saturated rings. The van der Waals surface area contributed by atoms with Gasteiger partial charge in [0, 0.05) is 30.8 Å². The van der Waals surface area contributed by atoms with E-state index in [0.717, 1.165) is 17.1 Å². The van der Waals surface area contributed by atoms with Crippen molar-refractivity contribution in [2.45, 2.75) is 6.54 Å². The zero-order chi connectivity index (χ0) is 14.1. The van der Waals surface area contributed by atoms with E-state index < -0.39 is 0 Å². The van der Waals surface area contributed by atoms with Crippen LogP contribution < -0.4 is 14.8 Å². The summed E-state index contributed by atoms with van der Waals surface area (Å²) in [7, 11) is 4.59. The minimum absolute atomic E-state index is 0.358. The van der Waals surface area contributed by atoms with Crippen LogP contribution in [0.2, 0.25) is 0 Å². The number of rotatable bonds is 7. The van der Waals surface area contributed by atoms with E-state index in [1.165, 1.54) is 13.2 Å². The van der Waals surface area contributed by atoms with Gasteiger partial charge in [0.05, 0.1) is 21.3 Å². The Kier molecular flexibility index (Phi) is 6.46. The fraction of sp³-hybridized carbons (Fsp3) is 0.357. The Bertz CT molecular complexity index is 443. The Balaban J connectivity index is 2.49. The van der Waals surface area contributed by atoms with Crippen LogP contribution in [0.15, 0.2) is 30.4 Å². The molecule has 0 amide bonds. The number of ether oxygens (including phenoxy) is 3. The highest BCUT2D eigenvalue weighted by molar-refractivity contribution is 5.81. The number of hydrogen-bond donors (Lipinski definition) is 1. The molecule has 104 valence electrons. The number of carbonyl (C=O) groups is 1. The highest BCUT2D eigenvalue weighted by atomic mass is 16.5. The predicted molar refractivity (Wildman–Crippen MR) is 72.4 cm³/mol. The topological polar surface area (TPSA) is 56.8 Å². The van der Waals surface area contributed by atoms with Crippen molar-refractivity contribution in [1.82, 2.24) is 5.32 Å². The third-order valence-corrected chi connectivity index (χ3v) is 2.53. The molecule has 0 bridgehead atoms. The molecule has 19 heavy (non-hydrogen) atoms. The first-order valence-corrected chi connectivity index (χ1v) is 5.87. The lowest BCUT2D eigenvalue weighted by Crippen LogP contribution is -2.14. The van der Waals surface area contributed by atoms with Crippen molar-refractivity contribution in [3.8, 4) is 11.5 Å². The lowest BCUT2D eigenvalue weighted by atomic mass is 10.2. The SMILES string of the molecule is COC(=O)C=CCNCc1ccc(OC)cc1OC. The first-order chi connectivity index (χ1) is 9.21. The Morgan fingerprint density at radius 1 is 1.26 bits per heavy atom. The van der Waals surface area contributed by atoms with Gasteiger partial charge in [0.2, 0.25) is 0 Å². The third-order valence-electron chi connectivity index (χ3n) is 2.53. The molecule has 0 radical (unpaired) electrons. The van der Waals surface area contributed by atoms with E-state index in [-0.39, 0.29) is 5.97 Å². The van der Waals surface area contributed by atoms with Crippen molar-refractivity contribution in [2.24, 2.45) is 0 Å². The summed E-state index contributed by atoms with van der Waals surface area (Å²) in [4.78, 5) is 10.8. The van der Waals surface area contributed by atoms with E-state index >= 15 is 0 Å². The first kappa shape index (κ1) is 15.0. The lowest BCUT2D eigenvalue weighted by Gasteiger charge is -2.10. The Morgan fingerprint density at radius 2 is 2.05 bits per heavy atom. The van der Waals surface area contributed by atoms with E-state index in [9.17, 15) is 4.79 Å². The summed E-state index contributed by atoms with van der Waals surface area (Å²) in [6, 6.07) is 5.65. The van der Waals surface area contributed by atoms with Crippen molar-refractivity contribution in [3.63, 3.8) is 0 Å². The summed E-state index contributed by atoms with van der Waals surface area (Å²) in [5, 5.41) is 3.18. The number of benzene rings is 1. The first-order valence-electron chi connectivity index (χ1n) is 5.87. The van der Waals surface area contributed by atoms with Crippen molar-refractivity contribution in [1.29, 1.82) is 0 Å². The van der Waals surface area contributed by atoms with Crippen LogP contribution in [0.5, 0.6) is 11.5 Å². The van der Waals surface area contributed by atoms with Gasteiger partial charge in [-0.15, -0.1) is 0 Å². The van der Waals surface area contributed by atoms with Crippen molar-refractivity contribution >= 4 is 5.97 Å². The van der Waals surface area contributed by atoms with Crippen LogP contribution in [-0.4, -0.2) is 33.8 Å².